The number of hydrogen-bond donors (Lipinski definition) is 0. The van der Waals surface area contributed by atoms with Crippen molar-refractivity contribution in [1.29, 1.82) is 0 Å². The topological polar surface area (TPSA) is 51.2 Å². The third kappa shape index (κ3) is 1.46. The molecule has 1 aliphatic rings. The van der Waals surface area contributed by atoms with Crippen LogP contribution >= 0.6 is 0 Å². The van der Waals surface area contributed by atoms with Crippen molar-refractivity contribution in [3.8, 4) is 0 Å². The molecule has 1 unspecified atom stereocenters. The van der Waals surface area contributed by atoms with Crippen molar-refractivity contribution < 1.29 is 13.2 Å². The van der Waals surface area contributed by atoms with Gasteiger partial charge in [0, 0.05) is 6.42 Å². The Balaban J connectivity index is 2.49. The molecule has 0 amide bonds. The van der Waals surface area contributed by atoms with Gasteiger partial charge in [0.25, 0.3) is 0 Å². The molecule has 0 bridgehead atoms. The zero-order valence-electron chi connectivity index (χ0n) is 7.51. The molecule has 1 saturated heterocycles. The summed E-state index contributed by atoms with van der Waals surface area (Å²) in [5, 5.41) is -0.913. The van der Waals surface area contributed by atoms with Crippen molar-refractivity contribution in [2.75, 3.05) is 5.75 Å². The molecule has 1 aliphatic heterocycles. The van der Waals surface area contributed by atoms with Crippen LogP contribution < -0.4 is 0 Å². The van der Waals surface area contributed by atoms with E-state index in [9.17, 15) is 13.2 Å². The van der Waals surface area contributed by atoms with Crippen LogP contribution in [0.3, 0.4) is 0 Å². The largest absolute Gasteiger partial charge is 0.298 e. The van der Waals surface area contributed by atoms with Gasteiger partial charge in [0.15, 0.2) is 15.6 Å². The molecule has 74 valence electrons. The Hall–Kier alpha value is -1.16. The van der Waals surface area contributed by atoms with Crippen LogP contribution in [0.15, 0.2) is 30.3 Å². The second-order valence-electron chi connectivity index (χ2n) is 3.37. The van der Waals surface area contributed by atoms with Crippen molar-refractivity contribution in [2.24, 2.45) is 0 Å². The highest BCUT2D eigenvalue weighted by molar-refractivity contribution is 7.92. The Bertz CT molecular complexity index is 448. The van der Waals surface area contributed by atoms with E-state index in [1.54, 1.807) is 30.3 Å². The van der Waals surface area contributed by atoms with E-state index >= 15 is 0 Å². The van der Waals surface area contributed by atoms with E-state index in [1.807, 2.05) is 0 Å². The van der Waals surface area contributed by atoms with E-state index in [1.165, 1.54) is 0 Å². The number of hydrogen-bond acceptors (Lipinski definition) is 3. The van der Waals surface area contributed by atoms with Gasteiger partial charge in [-0.05, 0) is 5.56 Å². The third-order valence-electron chi connectivity index (χ3n) is 2.39. The first-order valence-electron chi connectivity index (χ1n) is 4.40. The first-order valence-corrected chi connectivity index (χ1v) is 6.12. The van der Waals surface area contributed by atoms with Gasteiger partial charge in [-0.3, -0.25) is 4.79 Å². The highest BCUT2D eigenvalue weighted by Gasteiger charge is 2.39. The Morgan fingerprint density at radius 2 is 1.79 bits per heavy atom. The van der Waals surface area contributed by atoms with Crippen molar-refractivity contribution in [3.63, 3.8) is 0 Å². The van der Waals surface area contributed by atoms with Gasteiger partial charge in [-0.1, -0.05) is 30.3 Å². The molecule has 1 atom stereocenters. The Morgan fingerprint density at radius 1 is 1.14 bits per heavy atom. The second kappa shape index (κ2) is 3.20. The summed E-state index contributed by atoms with van der Waals surface area (Å²) in [6.45, 7) is 0. The fourth-order valence-electron chi connectivity index (χ4n) is 1.71. The lowest BCUT2D eigenvalue weighted by molar-refractivity contribution is -0.117. The highest BCUT2D eigenvalue weighted by atomic mass is 32.2. The maximum atomic E-state index is 11.6. The predicted octanol–water partition coefficient (Wildman–Crippen LogP) is 1.12. The van der Waals surface area contributed by atoms with E-state index in [0.29, 0.717) is 5.56 Å². The summed E-state index contributed by atoms with van der Waals surface area (Å²) in [6.07, 6.45) is 0.155. The van der Waals surface area contributed by atoms with Crippen LogP contribution in [0, 0.1) is 0 Å². The SMILES string of the molecule is O=C1CCS(=O)(=O)C1c1ccccc1. The molecule has 0 aliphatic carbocycles. The monoisotopic (exact) mass is 210 g/mol. The lowest BCUT2D eigenvalue weighted by Crippen LogP contribution is -2.12. The predicted molar refractivity (Wildman–Crippen MR) is 52.6 cm³/mol. The molecule has 0 saturated carbocycles. The molecular formula is C10H10O3S. The van der Waals surface area contributed by atoms with Gasteiger partial charge in [0.2, 0.25) is 0 Å². The van der Waals surface area contributed by atoms with Crippen molar-refractivity contribution >= 4 is 15.6 Å². The number of rotatable bonds is 1. The van der Waals surface area contributed by atoms with Crippen molar-refractivity contribution in [3.05, 3.63) is 35.9 Å². The number of carbonyl (C=O) groups is 1. The van der Waals surface area contributed by atoms with E-state index in [2.05, 4.69) is 0 Å². The zero-order chi connectivity index (χ0) is 10.2. The molecular weight excluding hydrogens is 200 g/mol. The summed E-state index contributed by atoms with van der Waals surface area (Å²) < 4.78 is 23.1. The van der Waals surface area contributed by atoms with Gasteiger partial charge in [0.1, 0.15) is 5.25 Å². The minimum atomic E-state index is -3.24. The van der Waals surface area contributed by atoms with Crippen LogP contribution in [0.1, 0.15) is 17.2 Å². The molecule has 1 aromatic carbocycles. The molecule has 0 aromatic heterocycles. The zero-order valence-corrected chi connectivity index (χ0v) is 8.33. The molecule has 3 nitrogen and oxygen atoms in total. The number of Topliss-reactive ketones (excluding diaryl/α,β-unsaturated/α-hetero) is 1. The molecule has 1 aromatic rings. The van der Waals surface area contributed by atoms with Gasteiger partial charge in [-0.15, -0.1) is 0 Å². The van der Waals surface area contributed by atoms with Crippen LogP contribution in [0.4, 0.5) is 0 Å². The number of sulfone groups is 1. The van der Waals surface area contributed by atoms with E-state index < -0.39 is 15.1 Å². The summed E-state index contributed by atoms with van der Waals surface area (Å²) in [5.74, 6) is -0.193. The van der Waals surface area contributed by atoms with Crippen LogP contribution in [0.5, 0.6) is 0 Å². The van der Waals surface area contributed by atoms with Crippen LogP contribution in [-0.4, -0.2) is 20.0 Å². The quantitative estimate of drug-likeness (QED) is 0.697. The summed E-state index contributed by atoms with van der Waals surface area (Å²) >= 11 is 0. The van der Waals surface area contributed by atoms with Crippen LogP contribution in [0.2, 0.25) is 0 Å². The van der Waals surface area contributed by atoms with Gasteiger partial charge in [-0.2, -0.15) is 0 Å². The van der Waals surface area contributed by atoms with Gasteiger partial charge in [0.05, 0.1) is 5.75 Å². The van der Waals surface area contributed by atoms with Gasteiger partial charge >= 0.3 is 0 Å². The molecule has 0 spiro atoms. The first kappa shape index (κ1) is 9.40. The smallest absolute Gasteiger partial charge is 0.164 e. The minimum absolute atomic E-state index is 0.00854. The Morgan fingerprint density at radius 3 is 2.29 bits per heavy atom. The molecule has 4 heteroatoms. The maximum Gasteiger partial charge on any atom is 0.164 e. The summed E-state index contributed by atoms with van der Waals surface area (Å²) in [4.78, 5) is 11.4. The van der Waals surface area contributed by atoms with E-state index in [4.69, 9.17) is 0 Å². The fourth-order valence-corrected chi connectivity index (χ4v) is 3.52. The molecule has 0 N–H and O–H groups in total. The summed E-state index contributed by atoms with van der Waals surface area (Å²) in [7, 11) is -3.24. The lowest BCUT2D eigenvalue weighted by Gasteiger charge is -2.07. The Kier molecular flexibility index (Phi) is 2.15. The number of benzene rings is 1. The second-order valence-corrected chi connectivity index (χ2v) is 5.58. The van der Waals surface area contributed by atoms with Crippen molar-refractivity contribution in [2.45, 2.75) is 11.7 Å². The molecule has 14 heavy (non-hydrogen) atoms. The van der Waals surface area contributed by atoms with Crippen molar-refractivity contribution in [1.82, 2.24) is 0 Å². The summed E-state index contributed by atoms with van der Waals surface area (Å²) in [6, 6.07) is 8.67. The van der Waals surface area contributed by atoms with Gasteiger partial charge in [-0.25, -0.2) is 8.42 Å². The van der Waals surface area contributed by atoms with Crippen LogP contribution in [0.25, 0.3) is 0 Å². The maximum absolute atomic E-state index is 11.6. The molecule has 2 rings (SSSR count). The molecule has 1 fully saturated rings. The average Bonchev–Trinajstić information content (AvgIpc) is 2.42. The third-order valence-corrected chi connectivity index (χ3v) is 4.41. The first-order chi connectivity index (χ1) is 6.61. The average molecular weight is 210 g/mol. The van der Waals surface area contributed by atoms with E-state index in [-0.39, 0.29) is 18.0 Å². The molecule has 1 heterocycles. The minimum Gasteiger partial charge on any atom is -0.298 e. The molecule has 0 radical (unpaired) electrons. The normalized spacial score (nSPS) is 25.1. The summed E-state index contributed by atoms with van der Waals surface area (Å²) in [5.41, 5.74) is 0.593. The Labute approximate surface area is 82.7 Å². The number of carbonyl (C=O) groups excluding carboxylic acids is 1. The fraction of sp³-hybridized carbons (Fsp3) is 0.300. The van der Waals surface area contributed by atoms with Gasteiger partial charge < -0.3 is 0 Å². The van der Waals surface area contributed by atoms with Crippen LogP contribution in [-0.2, 0) is 14.6 Å². The highest BCUT2D eigenvalue weighted by Crippen LogP contribution is 2.31. The number of ketones is 1. The standard InChI is InChI=1S/C10H10O3S/c11-9-6-7-14(12,13)10(9)8-4-2-1-3-5-8/h1-5,10H,6-7H2. The van der Waals surface area contributed by atoms with E-state index in [0.717, 1.165) is 0 Å². The lowest BCUT2D eigenvalue weighted by atomic mass is 10.1.